The molecule has 4 aliphatic carbocycles. The molecule has 0 aromatic rings. The van der Waals surface area contributed by atoms with Crippen LogP contribution in [-0.4, -0.2) is 27.7 Å². The van der Waals surface area contributed by atoms with Gasteiger partial charge in [-0.05, 0) is 81.0 Å². The van der Waals surface area contributed by atoms with Gasteiger partial charge in [0.2, 0.25) is 0 Å². The van der Waals surface area contributed by atoms with Gasteiger partial charge in [-0.15, -0.1) is 0 Å². The molecular formula is C22H34O3. The minimum absolute atomic E-state index is 0.0394. The number of carbonyl (C=O) groups excluding carboxylic acids is 1. The summed E-state index contributed by atoms with van der Waals surface area (Å²) in [6.45, 7) is 8.26. The van der Waals surface area contributed by atoms with Gasteiger partial charge in [0.25, 0.3) is 0 Å². The molecule has 4 rings (SSSR count). The van der Waals surface area contributed by atoms with Gasteiger partial charge in [-0.3, -0.25) is 4.79 Å². The number of rotatable bonds is 1. The number of hydrogen-bond acceptors (Lipinski definition) is 3. The van der Waals surface area contributed by atoms with Crippen molar-refractivity contribution in [1.29, 1.82) is 0 Å². The Morgan fingerprint density at radius 1 is 1.20 bits per heavy atom. The summed E-state index contributed by atoms with van der Waals surface area (Å²) in [5, 5.41) is 21.5. The second kappa shape index (κ2) is 5.42. The minimum Gasteiger partial charge on any atom is -0.393 e. The van der Waals surface area contributed by atoms with E-state index < -0.39 is 5.60 Å². The second-order valence-electron chi connectivity index (χ2n) is 10.1. The van der Waals surface area contributed by atoms with Crippen molar-refractivity contribution in [2.45, 2.75) is 84.3 Å². The normalized spacial score (nSPS) is 55.0. The van der Waals surface area contributed by atoms with Crippen molar-refractivity contribution in [2.75, 3.05) is 0 Å². The molecule has 0 amide bonds. The number of hydrogen-bond donors (Lipinski definition) is 2. The summed E-state index contributed by atoms with van der Waals surface area (Å²) < 4.78 is 0. The van der Waals surface area contributed by atoms with Crippen molar-refractivity contribution >= 4 is 5.78 Å². The molecule has 0 heterocycles. The number of fused-ring (bicyclic) bond motifs is 5. The lowest BCUT2D eigenvalue weighted by Gasteiger charge is -2.58. The van der Waals surface area contributed by atoms with Crippen LogP contribution in [0.5, 0.6) is 0 Å². The van der Waals surface area contributed by atoms with Gasteiger partial charge in [-0.1, -0.05) is 32.4 Å². The summed E-state index contributed by atoms with van der Waals surface area (Å²) in [5.41, 5.74) is 0.249. The van der Waals surface area contributed by atoms with Gasteiger partial charge in [-0.25, -0.2) is 0 Å². The third-order valence-corrected chi connectivity index (χ3v) is 9.20. The fourth-order valence-electron chi connectivity index (χ4n) is 7.73. The fraction of sp³-hybridized carbons (Fsp3) is 0.864. The van der Waals surface area contributed by atoms with E-state index in [4.69, 9.17) is 0 Å². The van der Waals surface area contributed by atoms with Crippen LogP contribution < -0.4 is 0 Å². The van der Waals surface area contributed by atoms with Crippen molar-refractivity contribution in [3.8, 4) is 0 Å². The average Bonchev–Trinajstić information content (AvgIpc) is 2.77. The van der Waals surface area contributed by atoms with Crippen molar-refractivity contribution in [3.63, 3.8) is 0 Å². The number of aliphatic hydroxyl groups is 2. The summed E-state index contributed by atoms with van der Waals surface area (Å²) in [6.07, 6.45) is 9.15. The first-order chi connectivity index (χ1) is 11.6. The predicted molar refractivity (Wildman–Crippen MR) is 97.9 cm³/mol. The van der Waals surface area contributed by atoms with Crippen LogP contribution >= 0.6 is 0 Å². The summed E-state index contributed by atoms with van der Waals surface area (Å²) in [7, 11) is 0. The van der Waals surface area contributed by atoms with Gasteiger partial charge in [0.05, 0.1) is 6.10 Å². The molecule has 0 aliphatic heterocycles. The molecule has 4 aliphatic rings. The first kappa shape index (κ1) is 17.7. The Labute approximate surface area is 151 Å². The van der Waals surface area contributed by atoms with Gasteiger partial charge in [0, 0.05) is 5.41 Å². The van der Waals surface area contributed by atoms with E-state index >= 15 is 0 Å². The molecular weight excluding hydrogens is 312 g/mol. The lowest BCUT2D eigenvalue weighted by atomic mass is 9.46. The highest BCUT2D eigenvalue weighted by Crippen LogP contribution is 2.68. The number of carbonyl (C=O) groups is 1. The molecule has 3 saturated carbocycles. The van der Waals surface area contributed by atoms with E-state index in [2.05, 4.69) is 26.8 Å². The number of allylic oxidation sites excluding steroid dienone is 1. The number of aliphatic hydroxyl groups excluding tert-OH is 1. The largest absolute Gasteiger partial charge is 0.393 e. The summed E-state index contributed by atoms with van der Waals surface area (Å²) in [4.78, 5) is 12.4. The van der Waals surface area contributed by atoms with E-state index in [1.807, 2.05) is 0 Å². The Balaban J connectivity index is 1.72. The lowest BCUT2D eigenvalue weighted by Crippen LogP contribution is -2.58. The van der Waals surface area contributed by atoms with Crippen LogP contribution in [0.3, 0.4) is 0 Å². The zero-order chi connectivity index (χ0) is 18.2. The van der Waals surface area contributed by atoms with Crippen molar-refractivity contribution in [1.82, 2.24) is 0 Å². The summed E-state index contributed by atoms with van der Waals surface area (Å²) >= 11 is 0. The highest BCUT2D eigenvalue weighted by Gasteiger charge is 2.67. The van der Waals surface area contributed by atoms with Crippen LogP contribution in [-0.2, 0) is 4.79 Å². The molecule has 0 aromatic heterocycles. The standard InChI is InChI=1S/C22H34O3/c1-13-11-19-17-6-5-15-12-16(24)7-9-20(15,3)18(17)8-10-21(19,4)22(13,25)14(2)23/h5,13,16-19,24-25H,6-12H2,1-4H3/t13-,16+,17-,18-,19-,20+,21+,22+/m1/s1. The number of ketones is 1. The minimum atomic E-state index is -1.16. The Morgan fingerprint density at radius 2 is 1.92 bits per heavy atom. The molecule has 3 fully saturated rings. The Kier molecular flexibility index (Phi) is 3.84. The van der Waals surface area contributed by atoms with Gasteiger partial charge < -0.3 is 10.2 Å². The summed E-state index contributed by atoms with van der Waals surface area (Å²) in [5.74, 6) is 1.64. The highest BCUT2D eigenvalue weighted by atomic mass is 16.3. The maximum Gasteiger partial charge on any atom is 0.162 e. The molecule has 0 radical (unpaired) electrons. The van der Waals surface area contributed by atoms with Gasteiger partial charge in [0.15, 0.2) is 5.78 Å². The SMILES string of the molecule is CC(=O)[C@@]1(O)[C@H](C)C[C@@H]2[C@@H]3CC=C4C[C@@H](O)CC[C@]4(C)[C@@H]3CC[C@@]21C. The molecule has 0 aromatic carbocycles. The first-order valence-electron chi connectivity index (χ1n) is 10.3. The Morgan fingerprint density at radius 3 is 2.60 bits per heavy atom. The van der Waals surface area contributed by atoms with Crippen LogP contribution in [0, 0.1) is 34.5 Å². The monoisotopic (exact) mass is 346 g/mol. The zero-order valence-electron chi connectivity index (χ0n) is 16.2. The van der Waals surface area contributed by atoms with Crippen LogP contribution in [0.25, 0.3) is 0 Å². The smallest absolute Gasteiger partial charge is 0.162 e. The van der Waals surface area contributed by atoms with E-state index in [1.165, 1.54) is 5.57 Å². The van der Waals surface area contributed by atoms with Gasteiger partial charge in [-0.2, -0.15) is 0 Å². The topological polar surface area (TPSA) is 57.5 Å². The molecule has 2 N–H and O–H groups in total. The third kappa shape index (κ3) is 2.09. The second-order valence-corrected chi connectivity index (χ2v) is 10.1. The van der Waals surface area contributed by atoms with E-state index in [-0.39, 0.29) is 28.6 Å². The van der Waals surface area contributed by atoms with Crippen molar-refractivity contribution < 1.29 is 15.0 Å². The molecule has 8 atom stereocenters. The molecule has 3 heteroatoms. The quantitative estimate of drug-likeness (QED) is 0.709. The van der Waals surface area contributed by atoms with Crippen molar-refractivity contribution in [3.05, 3.63) is 11.6 Å². The Hall–Kier alpha value is -0.670. The Bertz CT molecular complexity index is 625. The first-order valence-corrected chi connectivity index (χ1v) is 10.3. The molecule has 3 nitrogen and oxygen atoms in total. The summed E-state index contributed by atoms with van der Waals surface area (Å²) in [6, 6.07) is 0. The molecule has 140 valence electrons. The van der Waals surface area contributed by atoms with E-state index in [9.17, 15) is 15.0 Å². The maximum atomic E-state index is 12.4. The maximum absolute atomic E-state index is 12.4. The third-order valence-electron chi connectivity index (χ3n) is 9.20. The molecule has 0 spiro atoms. The van der Waals surface area contributed by atoms with Crippen LogP contribution in [0.2, 0.25) is 0 Å². The molecule has 0 unspecified atom stereocenters. The highest BCUT2D eigenvalue weighted by molar-refractivity contribution is 5.86. The average molecular weight is 347 g/mol. The van der Waals surface area contributed by atoms with E-state index in [0.717, 1.165) is 44.9 Å². The van der Waals surface area contributed by atoms with E-state index in [0.29, 0.717) is 17.8 Å². The van der Waals surface area contributed by atoms with Crippen LogP contribution in [0.1, 0.15) is 72.6 Å². The number of Topliss-reactive ketones (excluding diaryl/α,β-unsaturated/α-hetero) is 1. The molecule has 25 heavy (non-hydrogen) atoms. The van der Waals surface area contributed by atoms with Crippen LogP contribution in [0.4, 0.5) is 0 Å². The predicted octanol–water partition coefficient (Wildman–Crippen LogP) is 3.88. The van der Waals surface area contributed by atoms with Crippen molar-refractivity contribution in [2.24, 2.45) is 34.5 Å². The molecule has 0 bridgehead atoms. The van der Waals surface area contributed by atoms with Gasteiger partial charge >= 0.3 is 0 Å². The zero-order valence-corrected chi connectivity index (χ0v) is 16.2. The van der Waals surface area contributed by atoms with Crippen LogP contribution in [0.15, 0.2) is 11.6 Å². The fourth-order valence-corrected chi connectivity index (χ4v) is 7.73. The molecule has 0 saturated heterocycles. The van der Waals surface area contributed by atoms with E-state index in [1.54, 1.807) is 6.92 Å². The lowest BCUT2D eigenvalue weighted by molar-refractivity contribution is -0.165. The van der Waals surface area contributed by atoms with Gasteiger partial charge in [0.1, 0.15) is 5.60 Å².